The first kappa shape index (κ1) is 11.2. The number of hydrogen-bond acceptors (Lipinski definition) is 2. The molecule has 0 radical (unpaired) electrons. The van der Waals surface area contributed by atoms with Crippen molar-refractivity contribution in [3.8, 4) is 5.75 Å². The maximum absolute atomic E-state index is 11.8. The maximum atomic E-state index is 11.8. The topological polar surface area (TPSA) is 26.3 Å². The number of benzene rings is 1. The van der Waals surface area contributed by atoms with Crippen molar-refractivity contribution in [2.45, 2.75) is 39.0 Å². The van der Waals surface area contributed by atoms with Crippen molar-refractivity contribution in [1.82, 2.24) is 0 Å². The number of fused-ring (bicyclic) bond motifs is 1. The molecule has 0 atom stereocenters. The van der Waals surface area contributed by atoms with Crippen molar-refractivity contribution in [1.29, 1.82) is 0 Å². The zero-order chi connectivity index (χ0) is 11.8. The summed E-state index contributed by atoms with van der Waals surface area (Å²) in [5.74, 6) is 1.13. The fraction of sp³-hybridized carbons (Fsp3) is 0.500. The molecule has 2 rings (SSSR count). The lowest BCUT2D eigenvalue weighted by molar-refractivity contribution is 0.0956. The van der Waals surface area contributed by atoms with Gasteiger partial charge in [0.05, 0.1) is 6.61 Å². The molecule has 16 heavy (non-hydrogen) atoms. The van der Waals surface area contributed by atoms with Crippen molar-refractivity contribution >= 4 is 5.78 Å². The highest BCUT2D eigenvalue weighted by atomic mass is 16.5. The highest BCUT2D eigenvalue weighted by Gasteiger charge is 2.31. The molecule has 0 spiro atoms. The average molecular weight is 218 g/mol. The second kappa shape index (κ2) is 3.93. The Hall–Kier alpha value is -1.31. The minimum atomic E-state index is 0.0797. The van der Waals surface area contributed by atoms with Crippen molar-refractivity contribution < 1.29 is 9.53 Å². The molecule has 0 N–H and O–H groups in total. The van der Waals surface area contributed by atoms with E-state index in [0.29, 0.717) is 13.0 Å². The Morgan fingerprint density at radius 3 is 2.81 bits per heavy atom. The molecule has 1 aliphatic carbocycles. The third-order valence-electron chi connectivity index (χ3n) is 3.31. The Morgan fingerprint density at radius 2 is 2.12 bits per heavy atom. The molecule has 0 unspecified atom stereocenters. The van der Waals surface area contributed by atoms with E-state index in [2.05, 4.69) is 13.8 Å². The zero-order valence-corrected chi connectivity index (χ0v) is 10.2. The molecule has 1 aromatic carbocycles. The smallest absolute Gasteiger partial charge is 0.163 e. The minimum absolute atomic E-state index is 0.0797. The summed E-state index contributed by atoms with van der Waals surface area (Å²) in [6.07, 6.45) is 1.59. The van der Waals surface area contributed by atoms with Gasteiger partial charge in [-0.15, -0.1) is 0 Å². The van der Waals surface area contributed by atoms with Crippen LogP contribution in [0.25, 0.3) is 0 Å². The van der Waals surface area contributed by atoms with Crippen molar-refractivity contribution in [3.05, 3.63) is 29.3 Å². The van der Waals surface area contributed by atoms with Gasteiger partial charge in [-0.05, 0) is 42.5 Å². The molecule has 0 amide bonds. The molecule has 0 fully saturated rings. The Morgan fingerprint density at radius 1 is 1.38 bits per heavy atom. The molecule has 1 aromatic rings. The molecule has 0 saturated carbocycles. The largest absolute Gasteiger partial charge is 0.494 e. The number of hydrogen-bond donors (Lipinski definition) is 0. The zero-order valence-electron chi connectivity index (χ0n) is 10.2. The fourth-order valence-corrected chi connectivity index (χ4v) is 2.28. The molecule has 0 saturated heterocycles. The maximum Gasteiger partial charge on any atom is 0.163 e. The quantitative estimate of drug-likeness (QED) is 0.761. The first-order valence-electron chi connectivity index (χ1n) is 5.85. The van der Waals surface area contributed by atoms with Gasteiger partial charge in [0.1, 0.15) is 5.75 Å². The number of Topliss-reactive ketones (excluding diaryl/α,β-unsaturated/α-hetero) is 1. The summed E-state index contributed by atoms with van der Waals surface area (Å²) in [6, 6.07) is 5.82. The van der Waals surface area contributed by atoms with E-state index < -0.39 is 0 Å². The highest BCUT2D eigenvalue weighted by molar-refractivity contribution is 5.99. The van der Waals surface area contributed by atoms with Crippen LogP contribution in [0.1, 0.15) is 49.5 Å². The van der Waals surface area contributed by atoms with E-state index in [4.69, 9.17) is 4.74 Å². The standard InChI is InChI=1S/C14H18O2/c1-4-16-10-5-6-11-12(9-10)14(2,3)8-7-13(11)15/h5-6,9H,4,7-8H2,1-3H3. The summed E-state index contributed by atoms with van der Waals surface area (Å²) in [7, 11) is 0. The van der Waals surface area contributed by atoms with Crippen LogP contribution in [-0.4, -0.2) is 12.4 Å². The van der Waals surface area contributed by atoms with Gasteiger partial charge in [-0.1, -0.05) is 13.8 Å². The summed E-state index contributed by atoms with van der Waals surface area (Å²) in [6.45, 7) is 7.00. The Bertz CT molecular complexity index is 419. The van der Waals surface area contributed by atoms with Crippen LogP contribution in [0.2, 0.25) is 0 Å². The predicted octanol–water partition coefficient (Wildman–Crippen LogP) is 3.34. The Kier molecular flexibility index (Phi) is 2.75. The second-order valence-corrected chi connectivity index (χ2v) is 4.95. The molecule has 0 heterocycles. The number of ether oxygens (including phenoxy) is 1. The Labute approximate surface area is 96.6 Å². The van der Waals surface area contributed by atoms with Gasteiger partial charge in [0.15, 0.2) is 5.78 Å². The van der Waals surface area contributed by atoms with E-state index in [-0.39, 0.29) is 11.2 Å². The van der Waals surface area contributed by atoms with E-state index in [1.54, 1.807) is 0 Å². The highest BCUT2D eigenvalue weighted by Crippen LogP contribution is 2.38. The van der Waals surface area contributed by atoms with Crippen LogP contribution in [0.15, 0.2) is 18.2 Å². The van der Waals surface area contributed by atoms with E-state index in [0.717, 1.165) is 23.3 Å². The lowest BCUT2D eigenvalue weighted by atomic mass is 9.72. The second-order valence-electron chi connectivity index (χ2n) is 4.95. The lowest BCUT2D eigenvalue weighted by Gasteiger charge is -2.31. The molecular weight excluding hydrogens is 200 g/mol. The summed E-state index contributed by atoms with van der Waals surface area (Å²) >= 11 is 0. The average Bonchev–Trinajstić information content (AvgIpc) is 2.25. The molecule has 2 heteroatoms. The molecule has 1 aliphatic rings. The first-order chi connectivity index (χ1) is 7.54. The third-order valence-corrected chi connectivity index (χ3v) is 3.31. The van der Waals surface area contributed by atoms with Crippen LogP contribution in [0.5, 0.6) is 5.75 Å². The number of ketones is 1. The number of carbonyl (C=O) groups is 1. The third kappa shape index (κ3) is 1.84. The first-order valence-corrected chi connectivity index (χ1v) is 5.85. The summed E-state index contributed by atoms with van der Waals surface area (Å²) in [5, 5.41) is 0. The van der Waals surface area contributed by atoms with E-state index in [1.807, 2.05) is 25.1 Å². The summed E-state index contributed by atoms with van der Waals surface area (Å²) in [4.78, 5) is 11.8. The van der Waals surface area contributed by atoms with Crippen LogP contribution >= 0.6 is 0 Å². The van der Waals surface area contributed by atoms with Crippen LogP contribution in [0.3, 0.4) is 0 Å². The van der Waals surface area contributed by atoms with Crippen molar-refractivity contribution in [2.24, 2.45) is 0 Å². The molecular formula is C14H18O2. The van der Waals surface area contributed by atoms with Crippen LogP contribution < -0.4 is 4.74 Å². The van der Waals surface area contributed by atoms with Crippen LogP contribution in [0.4, 0.5) is 0 Å². The van der Waals surface area contributed by atoms with E-state index >= 15 is 0 Å². The van der Waals surface area contributed by atoms with Gasteiger partial charge in [0, 0.05) is 12.0 Å². The monoisotopic (exact) mass is 218 g/mol. The SMILES string of the molecule is CCOc1ccc2c(c1)C(C)(C)CCC2=O. The van der Waals surface area contributed by atoms with Gasteiger partial charge < -0.3 is 4.74 Å². The molecule has 2 nitrogen and oxygen atoms in total. The van der Waals surface area contributed by atoms with Gasteiger partial charge in [-0.3, -0.25) is 4.79 Å². The molecule has 86 valence electrons. The molecule has 0 aromatic heterocycles. The van der Waals surface area contributed by atoms with Crippen LogP contribution in [0, 0.1) is 0 Å². The van der Waals surface area contributed by atoms with E-state index in [1.165, 1.54) is 0 Å². The fourth-order valence-electron chi connectivity index (χ4n) is 2.28. The van der Waals surface area contributed by atoms with Gasteiger partial charge in [-0.25, -0.2) is 0 Å². The van der Waals surface area contributed by atoms with Gasteiger partial charge >= 0.3 is 0 Å². The minimum Gasteiger partial charge on any atom is -0.494 e. The molecule has 0 bridgehead atoms. The van der Waals surface area contributed by atoms with Gasteiger partial charge in [-0.2, -0.15) is 0 Å². The normalized spacial score (nSPS) is 18.1. The van der Waals surface area contributed by atoms with Crippen molar-refractivity contribution in [3.63, 3.8) is 0 Å². The predicted molar refractivity (Wildman–Crippen MR) is 64.2 cm³/mol. The van der Waals surface area contributed by atoms with Gasteiger partial charge in [0.25, 0.3) is 0 Å². The number of rotatable bonds is 2. The van der Waals surface area contributed by atoms with Crippen molar-refractivity contribution in [2.75, 3.05) is 6.61 Å². The summed E-state index contributed by atoms with van der Waals surface area (Å²) < 4.78 is 5.49. The Balaban J connectivity index is 2.49. The van der Waals surface area contributed by atoms with E-state index in [9.17, 15) is 4.79 Å². The van der Waals surface area contributed by atoms with Crippen LogP contribution in [-0.2, 0) is 5.41 Å². The lowest BCUT2D eigenvalue weighted by Crippen LogP contribution is -2.27. The molecule has 0 aliphatic heterocycles. The van der Waals surface area contributed by atoms with Gasteiger partial charge in [0.2, 0.25) is 0 Å². The number of carbonyl (C=O) groups excluding carboxylic acids is 1. The summed E-state index contributed by atoms with van der Waals surface area (Å²) in [5.41, 5.74) is 2.09.